The predicted molar refractivity (Wildman–Crippen MR) is 128 cm³/mol. The molecule has 1 aliphatic heterocycles. The normalized spacial score (nSPS) is 16.1. The van der Waals surface area contributed by atoms with Gasteiger partial charge in [-0.15, -0.1) is 0 Å². The molecule has 1 saturated heterocycles. The highest BCUT2D eigenvalue weighted by Crippen LogP contribution is 2.32. The average Bonchev–Trinajstić information content (AvgIpc) is 3.14. The highest BCUT2D eigenvalue weighted by atomic mass is 16.2. The first-order valence-electron chi connectivity index (χ1n) is 11.1. The van der Waals surface area contributed by atoms with Gasteiger partial charge in [0.05, 0.1) is 12.1 Å². The number of allylic oxidation sites excluding steroid dienone is 2. The van der Waals surface area contributed by atoms with Gasteiger partial charge >= 0.3 is 5.69 Å². The van der Waals surface area contributed by atoms with E-state index in [1.54, 1.807) is 31.6 Å². The van der Waals surface area contributed by atoms with Crippen molar-refractivity contribution in [2.24, 2.45) is 12.8 Å². The minimum Gasteiger partial charge on any atom is -0.355 e. The van der Waals surface area contributed by atoms with E-state index in [1.165, 1.54) is 9.13 Å². The number of hydrogen-bond donors (Lipinski definition) is 1. The molecule has 1 fully saturated rings. The minimum absolute atomic E-state index is 0.00706. The van der Waals surface area contributed by atoms with Gasteiger partial charge in [-0.05, 0) is 44.4 Å². The first-order chi connectivity index (χ1) is 15.8. The van der Waals surface area contributed by atoms with Gasteiger partial charge in [-0.1, -0.05) is 11.6 Å². The van der Waals surface area contributed by atoms with Crippen molar-refractivity contribution in [3.63, 3.8) is 0 Å². The highest BCUT2D eigenvalue weighted by molar-refractivity contribution is 5.90. The number of pyridine rings is 1. The van der Waals surface area contributed by atoms with Crippen LogP contribution >= 0.6 is 0 Å². The third-order valence-electron chi connectivity index (χ3n) is 6.15. The SMILES string of the molecule is CC(C)=CCn1c(N2CCCC(N)C2)c(C#N)c2c1c(=O)n(Cc1ccncc1)c(=O)n2C. The Hall–Kier alpha value is -3.64. The van der Waals surface area contributed by atoms with E-state index in [0.717, 1.165) is 30.5 Å². The van der Waals surface area contributed by atoms with Crippen LogP contribution in [0, 0.1) is 11.3 Å². The number of fused-ring (bicyclic) bond motifs is 1. The number of aromatic nitrogens is 4. The van der Waals surface area contributed by atoms with Crippen molar-refractivity contribution < 1.29 is 0 Å². The topological polar surface area (TPSA) is 115 Å². The first-order valence-corrected chi connectivity index (χ1v) is 11.1. The number of nitrogens with zero attached hydrogens (tertiary/aromatic N) is 6. The zero-order chi connectivity index (χ0) is 23.7. The molecule has 1 atom stereocenters. The molecule has 0 bridgehead atoms. The molecule has 4 rings (SSSR count). The van der Waals surface area contributed by atoms with Crippen LogP contribution in [0.5, 0.6) is 0 Å². The molecule has 0 saturated carbocycles. The van der Waals surface area contributed by atoms with Gasteiger partial charge in [0.25, 0.3) is 5.56 Å². The summed E-state index contributed by atoms with van der Waals surface area (Å²) in [7, 11) is 1.62. The summed E-state index contributed by atoms with van der Waals surface area (Å²) < 4.78 is 4.52. The van der Waals surface area contributed by atoms with Crippen LogP contribution in [0.2, 0.25) is 0 Å². The van der Waals surface area contributed by atoms with Crippen LogP contribution in [-0.2, 0) is 20.1 Å². The van der Waals surface area contributed by atoms with Gasteiger partial charge in [0.15, 0.2) is 0 Å². The van der Waals surface area contributed by atoms with E-state index in [4.69, 9.17) is 5.73 Å². The number of aryl methyl sites for hydroxylation is 1. The third kappa shape index (κ3) is 4.10. The van der Waals surface area contributed by atoms with Crippen LogP contribution < -0.4 is 21.9 Å². The maximum atomic E-state index is 13.7. The Morgan fingerprint density at radius 2 is 1.97 bits per heavy atom. The Morgan fingerprint density at radius 1 is 1.24 bits per heavy atom. The maximum absolute atomic E-state index is 13.7. The van der Waals surface area contributed by atoms with Crippen molar-refractivity contribution in [2.45, 2.75) is 45.8 Å². The highest BCUT2D eigenvalue weighted by Gasteiger charge is 2.29. The Morgan fingerprint density at radius 3 is 2.61 bits per heavy atom. The molecule has 3 aromatic rings. The van der Waals surface area contributed by atoms with Crippen LogP contribution in [0.1, 0.15) is 37.8 Å². The van der Waals surface area contributed by atoms with Crippen LogP contribution in [0.4, 0.5) is 5.82 Å². The summed E-state index contributed by atoms with van der Waals surface area (Å²) in [5, 5.41) is 10.1. The molecular weight excluding hydrogens is 418 g/mol. The fourth-order valence-corrected chi connectivity index (χ4v) is 4.52. The summed E-state index contributed by atoms with van der Waals surface area (Å²) in [6, 6.07) is 5.83. The molecule has 0 aromatic carbocycles. The zero-order valence-electron chi connectivity index (χ0n) is 19.3. The summed E-state index contributed by atoms with van der Waals surface area (Å²) in [6.45, 7) is 5.87. The van der Waals surface area contributed by atoms with Crippen molar-refractivity contribution >= 4 is 16.9 Å². The van der Waals surface area contributed by atoms with E-state index in [1.807, 2.05) is 24.5 Å². The van der Waals surface area contributed by atoms with Gasteiger partial charge in [-0.2, -0.15) is 5.26 Å². The summed E-state index contributed by atoms with van der Waals surface area (Å²) in [5.74, 6) is 0.661. The molecule has 2 N–H and O–H groups in total. The van der Waals surface area contributed by atoms with Crippen molar-refractivity contribution in [1.82, 2.24) is 18.7 Å². The van der Waals surface area contributed by atoms with E-state index < -0.39 is 11.2 Å². The summed E-state index contributed by atoms with van der Waals surface area (Å²) in [4.78, 5) is 33.1. The Kier molecular flexibility index (Phi) is 6.20. The van der Waals surface area contributed by atoms with Gasteiger partial charge in [0.1, 0.15) is 23.0 Å². The maximum Gasteiger partial charge on any atom is 0.331 e. The molecule has 0 radical (unpaired) electrons. The fraction of sp³-hybridized carbons (Fsp3) is 0.417. The lowest BCUT2D eigenvalue weighted by Gasteiger charge is -2.33. The van der Waals surface area contributed by atoms with E-state index in [-0.39, 0.29) is 12.6 Å². The van der Waals surface area contributed by atoms with Crippen molar-refractivity contribution in [3.05, 3.63) is 68.1 Å². The Labute approximate surface area is 192 Å². The number of nitrogens with two attached hydrogens (primary N) is 1. The number of anilines is 1. The van der Waals surface area contributed by atoms with Crippen LogP contribution in [0.3, 0.4) is 0 Å². The van der Waals surface area contributed by atoms with Crippen LogP contribution in [0.25, 0.3) is 11.0 Å². The van der Waals surface area contributed by atoms with Crippen molar-refractivity contribution in [2.75, 3.05) is 18.0 Å². The predicted octanol–water partition coefficient (Wildman–Crippen LogP) is 1.71. The molecule has 9 nitrogen and oxygen atoms in total. The molecule has 0 amide bonds. The molecule has 4 heterocycles. The van der Waals surface area contributed by atoms with Crippen molar-refractivity contribution in [1.29, 1.82) is 5.26 Å². The lowest BCUT2D eigenvalue weighted by molar-refractivity contribution is 0.498. The molecule has 172 valence electrons. The average molecular weight is 448 g/mol. The van der Waals surface area contributed by atoms with Crippen LogP contribution in [-0.4, -0.2) is 37.8 Å². The lowest BCUT2D eigenvalue weighted by Crippen LogP contribution is -2.44. The van der Waals surface area contributed by atoms with Crippen molar-refractivity contribution in [3.8, 4) is 6.07 Å². The molecule has 1 aliphatic rings. The van der Waals surface area contributed by atoms with Crippen LogP contribution in [0.15, 0.2) is 45.8 Å². The molecule has 33 heavy (non-hydrogen) atoms. The summed E-state index contributed by atoms with van der Waals surface area (Å²) >= 11 is 0. The quantitative estimate of drug-likeness (QED) is 0.596. The minimum atomic E-state index is -0.456. The molecular formula is C24H29N7O2. The Balaban J connectivity index is 2.04. The van der Waals surface area contributed by atoms with Gasteiger partial charge in [0, 0.05) is 45.1 Å². The first kappa shape index (κ1) is 22.6. The van der Waals surface area contributed by atoms with E-state index in [0.29, 0.717) is 35.5 Å². The number of nitriles is 1. The largest absolute Gasteiger partial charge is 0.355 e. The number of piperidine rings is 1. The monoisotopic (exact) mass is 447 g/mol. The molecule has 0 spiro atoms. The van der Waals surface area contributed by atoms with E-state index in [9.17, 15) is 14.9 Å². The summed E-state index contributed by atoms with van der Waals surface area (Å²) in [5.41, 5.74) is 8.34. The van der Waals surface area contributed by atoms with Gasteiger partial charge in [-0.25, -0.2) is 4.79 Å². The fourth-order valence-electron chi connectivity index (χ4n) is 4.52. The van der Waals surface area contributed by atoms with E-state index >= 15 is 0 Å². The second-order valence-electron chi connectivity index (χ2n) is 8.84. The van der Waals surface area contributed by atoms with E-state index in [2.05, 4.69) is 16.0 Å². The summed E-state index contributed by atoms with van der Waals surface area (Å²) in [6.07, 6.45) is 7.11. The second-order valence-corrected chi connectivity index (χ2v) is 8.84. The lowest BCUT2D eigenvalue weighted by atomic mass is 10.1. The smallest absolute Gasteiger partial charge is 0.331 e. The van der Waals surface area contributed by atoms with Gasteiger partial charge < -0.3 is 15.2 Å². The zero-order valence-corrected chi connectivity index (χ0v) is 19.3. The molecule has 9 heteroatoms. The standard InChI is InChI=1S/C24H29N7O2/c1-16(2)8-12-30-21-20(19(13-25)22(30)29-11-4-5-18(26)15-29)28(3)24(33)31(23(21)32)14-17-6-9-27-10-7-17/h6-10,18H,4-5,11-12,14-15,26H2,1-3H3. The number of hydrogen-bond acceptors (Lipinski definition) is 6. The number of rotatable bonds is 5. The Bertz CT molecular complexity index is 1370. The third-order valence-corrected chi connectivity index (χ3v) is 6.15. The second kappa shape index (κ2) is 9.08. The molecule has 1 unspecified atom stereocenters. The molecule has 0 aliphatic carbocycles. The molecule has 3 aromatic heterocycles. The van der Waals surface area contributed by atoms with Gasteiger partial charge in [0.2, 0.25) is 0 Å². The van der Waals surface area contributed by atoms with Gasteiger partial charge in [-0.3, -0.25) is 18.9 Å².